The number of rotatable bonds is 8. The van der Waals surface area contributed by atoms with Gasteiger partial charge in [0.15, 0.2) is 0 Å². The minimum absolute atomic E-state index is 0.137. The zero-order chi connectivity index (χ0) is 17.2. The second kappa shape index (κ2) is 10.2. The topological polar surface area (TPSA) is 72.9 Å². The van der Waals surface area contributed by atoms with Crippen molar-refractivity contribution >= 4 is 43.1 Å². The van der Waals surface area contributed by atoms with E-state index >= 15 is 0 Å². The summed E-state index contributed by atoms with van der Waals surface area (Å²) in [5.74, 6) is -1.29. The Morgan fingerprint density at radius 1 is 1.04 bits per heavy atom. The summed E-state index contributed by atoms with van der Waals surface area (Å²) in [4.78, 5) is 37.6. The molecular formula is C15H19NO5S2. The summed E-state index contributed by atoms with van der Waals surface area (Å²) in [6.45, 7) is 1.33. The van der Waals surface area contributed by atoms with Gasteiger partial charge < -0.3 is 14.4 Å². The van der Waals surface area contributed by atoms with Crippen LogP contribution in [0, 0.1) is 0 Å². The number of amides is 1. The molecule has 0 bridgehead atoms. The van der Waals surface area contributed by atoms with Crippen LogP contribution in [0.2, 0.25) is 0 Å². The lowest BCUT2D eigenvalue weighted by atomic mass is 10.2. The van der Waals surface area contributed by atoms with Crippen LogP contribution in [0.1, 0.15) is 17.3 Å². The predicted octanol–water partition coefficient (Wildman–Crippen LogP) is 1.45. The molecular weight excluding hydrogens is 338 g/mol. The van der Waals surface area contributed by atoms with Crippen LogP contribution >= 0.6 is 25.3 Å². The molecule has 0 heterocycles. The van der Waals surface area contributed by atoms with E-state index in [1.54, 1.807) is 31.2 Å². The highest BCUT2D eigenvalue weighted by atomic mass is 32.1. The largest absolute Gasteiger partial charge is 0.465 e. The molecule has 0 spiro atoms. The smallest absolute Gasteiger partial charge is 0.325 e. The van der Waals surface area contributed by atoms with Gasteiger partial charge >= 0.3 is 11.9 Å². The van der Waals surface area contributed by atoms with Crippen LogP contribution in [-0.2, 0) is 19.1 Å². The Balaban J connectivity index is 2.84. The fourth-order valence-corrected chi connectivity index (χ4v) is 1.95. The molecule has 0 aliphatic heterocycles. The van der Waals surface area contributed by atoms with Gasteiger partial charge in [0.2, 0.25) is 0 Å². The van der Waals surface area contributed by atoms with Crippen molar-refractivity contribution in [3.63, 3.8) is 0 Å². The Labute approximate surface area is 145 Å². The Hall–Kier alpha value is -1.67. The van der Waals surface area contributed by atoms with Crippen molar-refractivity contribution in [2.45, 2.75) is 11.8 Å². The third-order valence-corrected chi connectivity index (χ3v) is 3.18. The lowest BCUT2D eigenvalue weighted by Gasteiger charge is -2.21. The standard InChI is InChI=1S/C15H19NO5S2/c1-2-20-13(17)9-16(10-14(18)21-7-8-22)15(19)11-3-5-12(23)6-4-11/h3-6,22-23H,2,7-10H2,1H3. The van der Waals surface area contributed by atoms with Crippen molar-refractivity contribution in [2.24, 2.45) is 0 Å². The second-order valence-electron chi connectivity index (χ2n) is 4.46. The van der Waals surface area contributed by atoms with Gasteiger partial charge in [-0.05, 0) is 31.2 Å². The average molecular weight is 357 g/mol. The summed E-state index contributed by atoms with van der Waals surface area (Å²) in [6.07, 6.45) is 0. The number of hydrogen-bond donors (Lipinski definition) is 2. The van der Waals surface area contributed by atoms with E-state index in [1.807, 2.05) is 0 Å². The first-order chi connectivity index (χ1) is 11.0. The average Bonchev–Trinajstić information content (AvgIpc) is 2.52. The molecule has 0 saturated carbocycles. The van der Waals surface area contributed by atoms with Crippen molar-refractivity contribution in [3.8, 4) is 0 Å². The maximum atomic E-state index is 12.5. The molecule has 6 nitrogen and oxygen atoms in total. The molecule has 0 radical (unpaired) electrons. The van der Waals surface area contributed by atoms with Crippen LogP contribution < -0.4 is 0 Å². The summed E-state index contributed by atoms with van der Waals surface area (Å²) in [5, 5.41) is 0. The Morgan fingerprint density at radius 3 is 2.13 bits per heavy atom. The van der Waals surface area contributed by atoms with Crippen LogP contribution in [0.15, 0.2) is 29.2 Å². The molecule has 1 amide bonds. The summed E-state index contributed by atoms with van der Waals surface area (Å²) < 4.78 is 9.73. The van der Waals surface area contributed by atoms with E-state index in [-0.39, 0.29) is 26.3 Å². The highest BCUT2D eigenvalue weighted by Gasteiger charge is 2.22. The maximum Gasteiger partial charge on any atom is 0.325 e. The van der Waals surface area contributed by atoms with Gasteiger partial charge in [-0.1, -0.05) is 0 Å². The Bertz CT molecular complexity index is 547. The van der Waals surface area contributed by atoms with Crippen molar-refractivity contribution in [1.29, 1.82) is 0 Å². The number of benzene rings is 1. The van der Waals surface area contributed by atoms with Gasteiger partial charge in [-0.25, -0.2) is 0 Å². The van der Waals surface area contributed by atoms with Gasteiger partial charge in [0.05, 0.1) is 6.61 Å². The van der Waals surface area contributed by atoms with E-state index < -0.39 is 17.8 Å². The van der Waals surface area contributed by atoms with Crippen molar-refractivity contribution < 1.29 is 23.9 Å². The van der Waals surface area contributed by atoms with Gasteiger partial charge in [0.25, 0.3) is 5.91 Å². The molecule has 1 aromatic carbocycles. The SMILES string of the molecule is CCOC(=O)CN(CC(=O)OCCS)C(=O)c1ccc(S)cc1. The van der Waals surface area contributed by atoms with Gasteiger partial charge in [-0.3, -0.25) is 14.4 Å². The minimum atomic E-state index is -0.609. The van der Waals surface area contributed by atoms with E-state index in [0.29, 0.717) is 16.2 Å². The summed E-state index contributed by atoms with van der Waals surface area (Å²) in [6, 6.07) is 6.44. The number of esters is 2. The van der Waals surface area contributed by atoms with Gasteiger partial charge in [-0.2, -0.15) is 12.6 Å². The highest BCUT2D eigenvalue weighted by molar-refractivity contribution is 7.80. The third kappa shape index (κ3) is 6.96. The van der Waals surface area contributed by atoms with Gasteiger partial charge in [0.1, 0.15) is 19.7 Å². The molecule has 0 fully saturated rings. The molecule has 0 aliphatic rings. The molecule has 0 atom stereocenters. The van der Waals surface area contributed by atoms with E-state index in [2.05, 4.69) is 25.3 Å². The minimum Gasteiger partial charge on any atom is -0.465 e. The maximum absolute atomic E-state index is 12.5. The number of nitrogens with zero attached hydrogens (tertiary/aromatic N) is 1. The molecule has 0 N–H and O–H groups in total. The molecule has 1 aromatic rings. The Kier molecular flexibility index (Phi) is 8.57. The first kappa shape index (κ1) is 19.4. The molecule has 0 unspecified atom stereocenters. The number of carbonyl (C=O) groups excluding carboxylic acids is 3. The monoisotopic (exact) mass is 357 g/mol. The normalized spacial score (nSPS) is 10.0. The summed E-state index contributed by atoms with van der Waals surface area (Å²) in [5.41, 5.74) is 0.342. The second-order valence-corrected chi connectivity index (χ2v) is 5.42. The lowest BCUT2D eigenvalue weighted by molar-refractivity contribution is -0.147. The molecule has 0 saturated heterocycles. The number of thiol groups is 2. The molecule has 8 heteroatoms. The zero-order valence-corrected chi connectivity index (χ0v) is 14.5. The van der Waals surface area contributed by atoms with Crippen LogP contribution in [0.25, 0.3) is 0 Å². The molecule has 126 valence electrons. The van der Waals surface area contributed by atoms with Gasteiger partial charge in [0, 0.05) is 16.2 Å². The fraction of sp³-hybridized carbons (Fsp3) is 0.400. The molecule has 23 heavy (non-hydrogen) atoms. The van der Waals surface area contributed by atoms with Crippen LogP contribution in [-0.4, -0.2) is 54.8 Å². The van der Waals surface area contributed by atoms with Crippen LogP contribution in [0.5, 0.6) is 0 Å². The van der Waals surface area contributed by atoms with Crippen LogP contribution in [0.3, 0.4) is 0 Å². The van der Waals surface area contributed by atoms with E-state index in [9.17, 15) is 14.4 Å². The summed E-state index contributed by atoms with van der Waals surface area (Å²) in [7, 11) is 0. The molecule has 0 aromatic heterocycles. The quantitative estimate of drug-likeness (QED) is 0.544. The third-order valence-electron chi connectivity index (χ3n) is 2.70. The predicted molar refractivity (Wildman–Crippen MR) is 91.0 cm³/mol. The zero-order valence-electron chi connectivity index (χ0n) is 12.7. The van der Waals surface area contributed by atoms with E-state index in [4.69, 9.17) is 9.47 Å². The summed E-state index contributed by atoms with van der Waals surface area (Å²) >= 11 is 8.09. The first-order valence-corrected chi connectivity index (χ1v) is 8.06. The Morgan fingerprint density at radius 2 is 1.61 bits per heavy atom. The van der Waals surface area contributed by atoms with Crippen molar-refractivity contribution in [2.75, 3.05) is 32.1 Å². The van der Waals surface area contributed by atoms with Crippen LogP contribution in [0.4, 0.5) is 0 Å². The van der Waals surface area contributed by atoms with Crippen molar-refractivity contribution in [1.82, 2.24) is 4.90 Å². The lowest BCUT2D eigenvalue weighted by Crippen LogP contribution is -2.40. The first-order valence-electron chi connectivity index (χ1n) is 6.98. The molecule has 0 aliphatic carbocycles. The number of carbonyl (C=O) groups is 3. The van der Waals surface area contributed by atoms with E-state index in [0.717, 1.165) is 4.90 Å². The fourth-order valence-electron chi connectivity index (χ4n) is 1.71. The van der Waals surface area contributed by atoms with Crippen molar-refractivity contribution in [3.05, 3.63) is 29.8 Å². The molecule has 1 rings (SSSR count). The highest BCUT2D eigenvalue weighted by Crippen LogP contribution is 2.10. The van der Waals surface area contributed by atoms with E-state index in [1.165, 1.54) is 0 Å². The van der Waals surface area contributed by atoms with Gasteiger partial charge in [-0.15, -0.1) is 12.6 Å². The number of hydrogen-bond acceptors (Lipinski definition) is 7. The number of ether oxygens (including phenoxy) is 2.